The van der Waals surface area contributed by atoms with E-state index in [9.17, 15) is 13.2 Å². The Bertz CT molecular complexity index is 468. The highest BCUT2D eigenvalue weighted by Gasteiger charge is 2.34. The van der Waals surface area contributed by atoms with E-state index in [1.165, 1.54) is 0 Å². The molecule has 0 saturated carbocycles. The van der Waals surface area contributed by atoms with E-state index in [2.05, 4.69) is 20.8 Å². The average molecular weight is 388 g/mol. The first-order chi connectivity index (χ1) is 9.40. The minimum absolute atomic E-state index is 0. The minimum Gasteiger partial charge on any atom is -0.330 e. The highest BCUT2D eigenvalue weighted by atomic mass is 79.9. The molecule has 1 saturated heterocycles. The van der Waals surface area contributed by atoms with Gasteiger partial charge in [-0.05, 0) is 49.5 Å². The first-order valence-electron chi connectivity index (χ1n) is 6.68. The van der Waals surface area contributed by atoms with Gasteiger partial charge in [-0.2, -0.15) is 13.2 Å². The van der Waals surface area contributed by atoms with Crippen LogP contribution >= 0.6 is 28.3 Å². The molecule has 0 aromatic heterocycles. The lowest BCUT2D eigenvalue weighted by molar-refractivity contribution is -0.138. The molecule has 1 atom stereocenters. The molecule has 1 heterocycles. The molecule has 21 heavy (non-hydrogen) atoms. The maximum absolute atomic E-state index is 13.1. The molecule has 1 aliphatic rings. The third kappa shape index (κ3) is 5.13. The molecule has 1 fully saturated rings. The molecule has 0 spiro atoms. The van der Waals surface area contributed by atoms with Crippen LogP contribution < -0.4 is 5.73 Å². The fourth-order valence-electron chi connectivity index (χ4n) is 2.68. The number of nitrogens with two attached hydrogens (primary N) is 1. The largest absolute Gasteiger partial charge is 0.416 e. The molecule has 2 rings (SSSR count). The maximum Gasteiger partial charge on any atom is 0.416 e. The summed E-state index contributed by atoms with van der Waals surface area (Å²) in [7, 11) is 0. The second-order valence-corrected chi connectivity index (χ2v) is 6.19. The highest BCUT2D eigenvalue weighted by molar-refractivity contribution is 9.10. The summed E-state index contributed by atoms with van der Waals surface area (Å²) in [5.41, 5.74) is 5.44. The predicted molar refractivity (Wildman–Crippen MR) is 83.4 cm³/mol. The normalized spacial score (nSPS) is 20.1. The predicted octanol–water partition coefficient (Wildman–Crippen LogP) is 4.06. The Labute approximate surface area is 137 Å². The Balaban J connectivity index is 0.00000220. The van der Waals surface area contributed by atoms with Gasteiger partial charge in [-0.1, -0.05) is 22.0 Å². The first-order valence-corrected chi connectivity index (χ1v) is 7.47. The van der Waals surface area contributed by atoms with Crippen LogP contribution in [0.3, 0.4) is 0 Å². The molecular weight excluding hydrogens is 369 g/mol. The van der Waals surface area contributed by atoms with Gasteiger partial charge in [0.2, 0.25) is 0 Å². The number of piperidine rings is 1. The van der Waals surface area contributed by atoms with Crippen molar-refractivity contribution in [2.75, 3.05) is 19.6 Å². The van der Waals surface area contributed by atoms with Crippen molar-refractivity contribution >= 4 is 28.3 Å². The van der Waals surface area contributed by atoms with Crippen LogP contribution in [0.2, 0.25) is 0 Å². The van der Waals surface area contributed by atoms with Crippen LogP contribution in [0.15, 0.2) is 22.7 Å². The van der Waals surface area contributed by atoms with Crippen molar-refractivity contribution in [3.8, 4) is 0 Å². The van der Waals surface area contributed by atoms with Crippen molar-refractivity contribution in [2.45, 2.75) is 25.6 Å². The van der Waals surface area contributed by atoms with E-state index in [0.717, 1.165) is 32.0 Å². The van der Waals surface area contributed by atoms with Gasteiger partial charge in [0, 0.05) is 17.6 Å². The molecular formula is C14H19BrClF3N2. The Kier molecular flexibility index (Phi) is 6.97. The molecule has 1 aliphatic heterocycles. The monoisotopic (exact) mass is 386 g/mol. The number of likely N-dealkylation sites (tertiary alicyclic amines) is 1. The molecule has 2 nitrogen and oxygen atoms in total. The fraction of sp³-hybridized carbons (Fsp3) is 0.571. The summed E-state index contributed by atoms with van der Waals surface area (Å²) in [5.74, 6) is 0.397. The third-order valence-corrected chi connectivity index (χ3v) is 4.20. The van der Waals surface area contributed by atoms with E-state index in [1.807, 2.05) is 0 Å². The van der Waals surface area contributed by atoms with E-state index >= 15 is 0 Å². The van der Waals surface area contributed by atoms with Crippen LogP contribution in [0.5, 0.6) is 0 Å². The van der Waals surface area contributed by atoms with E-state index in [4.69, 9.17) is 5.73 Å². The molecule has 0 bridgehead atoms. The Hall–Kier alpha value is -0.300. The van der Waals surface area contributed by atoms with Crippen LogP contribution in [0.25, 0.3) is 0 Å². The summed E-state index contributed by atoms with van der Waals surface area (Å²) in [6.07, 6.45) is -2.25. The number of rotatable bonds is 3. The lowest BCUT2D eigenvalue weighted by Crippen LogP contribution is -2.38. The number of alkyl halides is 3. The lowest BCUT2D eigenvalue weighted by atomic mass is 9.97. The number of halogens is 5. The van der Waals surface area contributed by atoms with Gasteiger partial charge in [0.1, 0.15) is 0 Å². The number of hydrogen-bond acceptors (Lipinski definition) is 2. The van der Waals surface area contributed by atoms with Crippen LogP contribution in [-0.2, 0) is 12.7 Å². The van der Waals surface area contributed by atoms with E-state index in [-0.39, 0.29) is 12.4 Å². The topological polar surface area (TPSA) is 29.3 Å². The second-order valence-electron chi connectivity index (χ2n) is 5.28. The molecule has 0 radical (unpaired) electrons. The van der Waals surface area contributed by atoms with Crippen LogP contribution in [0, 0.1) is 5.92 Å². The van der Waals surface area contributed by atoms with Crippen LogP contribution in [-0.4, -0.2) is 24.5 Å². The number of benzene rings is 1. The molecule has 2 N–H and O–H groups in total. The molecule has 1 unspecified atom stereocenters. The highest BCUT2D eigenvalue weighted by Crippen LogP contribution is 2.34. The zero-order valence-electron chi connectivity index (χ0n) is 11.5. The molecule has 0 aliphatic carbocycles. The van der Waals surface area contributed by atoms with Crippen molar-refractivity contribution < 1.29 is 13.2 Å². The zero-order valence-corrected chi connectivity index (χ0v) is 13.9. The van der Waals surface area contributed by atoms with Crippen molar-refractivity contribution in [3.63, 3.8) is 0 Å². The van der Waals surface area contributed by atoms with E-state index in [0.29, 0.717) is 29.0 Å². The van der Waals surface area contributed by atoms with Gasteiger partial charge >= 0.3 is 6.18 Å². The number of hydrogen-bond donors (Lipinski definition) is 1. The molecule has 0 amide bonds. The minimum atomic E-state index is -4.32. The number of nitrogens with zero attached hydrogens (tertiary/aromatic N) is 1. The van der Waals surface area contributed by atoms with Gasteiger partial charge in [-0.25, -0.2) is 0 Å². The Morgan fingerprint density at radius 1 is 1.33 bits per heavy atom. The molecule has 7 heteroatoms. The van der Waals surface area contributed by atoms with Gasteiger partial charge < -0.3 is 5.73 Å². The smallest absolute Gasteiger partial charge is 0.330 e. The SMILES string of the molecule is Cl.NCC1CCCN(Cc2ccc(Br)cc2C(F)(F)F)C1. The lowest BCUT2D eigenvalue weighted by Gasteiger charge is -2.32. The fourth-order valence-corrected chi connectivity index (χ4v) is 3.04. The summed E-state index contributed by atoms with van der Waals surface area (Å²) in [6.45, 7) is 2.55. The Morgan fingerprint density at radius 3 is 2.67 bits per heavy atom. The van der Waals surface area contributed by atoms with Gasteiger partial charge in [-0.15, -0.1) is 12.4 Å². The van der Waals surface area contributed by atoms with E-state index in [1.54, 1.807) is 12.1 Å². The molecule has 1 aromatic carbocycles. The van der Waals surface area contributed by atoms with Gasteiger partial charge in [0.05, 0.1) is 5.56 Å². The van der Waals surface area contributed by atoms with Crippen molar-refractivity contribution in [1.29, 1.82) is 0 Å². The van der Waals surface area contributed by atoms with Crippen molar-refractivity contribution in [3.05, 3.63) is 33.8 Å². The maximum atomic E-state index is 13.1. The van der Waals surface area contributed by atoms with Gasteiger partial charge in [-0.3, -0.25) is 4.90 Å². The quantitative estimate of drug-likeness (QED) is 0.847. The summed E-state index contributed by atoms with van der Waals surface area (Å²) in [4.78, 5) is 2.07. The summed E-state index contributed by atoms with van der Waals surface area (Å²) < 4.78 is 39.6. The van der Waals surface area contributed by atoms with Gasteiger partial charge in [0.25, 0.3) is 0 Å². The van der Waals surface area contributed by atoms with Crippen molar-refractivity contribution in [1.82, 2.24) is 4.90 Å². The van der Waals surface area contributed by atoms with Gasteiger partial charge in [0.15, 0.2) is 0 Å². The van der Waals surface area contributed by atoms with E-state index < -0.39 is 11.7 Å². The molecule has 1 aromatic rings. The Morgan fingerprint density at radius 2 is 2.05 bits per heavy atom. The average Bonchev–Trinajstić information content (AvgIpc) is 2.40. The molecule has 120 valence electrons. The van der Waals surface area contributed by atoms with Crippen molar-refractivity contribution in [2.24, 2.45) is 11.7 Å². The zero-order chi connectivity index (χ0) is 14.8. The van der Waals surface area contributed by atoms with Crippen LogP contribution in [0.4, 0.5) is 13.2 Å². The standard InChI is InChI=1S/C14H18BrF3N2.ClH/c15-12-4-3-11(13(6-12)14(16,17)18)9-20-5-1-2-10(7-19)8-20;/h3-4,6,10H,1-2,5,7-9,19H2;1H. The third-order valence-electron chi connectivity index (χ3n) is 3.71. The second kappa shape index (κ2) is 7.81. The summed E-state index contributed by atoms with van der Waals surface area (Å²) in [5, 5.41) is 0. The van der Waals surface area contributed by atoms with Crippen LogP contribution in [0.1, 0.15) is 24.0 Å². The first kappa shape index (κ1) is 18.7. The summed E-state index contributed by atoms with van der Waals surface area (Å²) in [6, 6.07) is 4.37. The summed E-state index contributed by atoms with van der Waals surface area (Å²) >= 11 is 3.10.